The predicted molar refractivity (Wildman–Crippen MR) is 70.9 cm³/mol. The highest BCUT2D eigenvalue weighted by atomic mass is 16.5. The number of benzene rings is 1. The largest absolute Gasteiger partial charge is 0.465 e. The molecule has 5 nitrogen and oxygen atoms in total. The van der Waals surface area contributed by atoms with Crippen LogP contribution < -0.4 is 0 Å². The molecular weight excluding hydrogens is 242 g/mol. The van der Waals surface area contributed by atoms with Crippen molar-refractivity contribution < 1.29 is 9.53 Å². The molecule has 0 fully saturated rings. The second kappa shape index (κ2) is 5.65. The van der Waals surface area contributed by atoms with Gasteiger partial charge >= 0.3 is 5.97 Å². The third kappa shape index (κ3) is 2.99. The number of methoxy groups -OCH3 is 1. The summed E-state index contributed by atoms with van der Waals surface area (Å²) >= 11 is 0. The van der Waals surface area contributed by atoms with Crippen LogP contribution in [0.4, 0.5) is 0 Å². The zero-order valence-electron chi connectivity index (χ0n) is 11.3. The second-order valence-electron chi connectivity index (χ2n) is 4.58. The quantitative estimate of drug-likeness (QED) is 0.787. The van der Waals surface area contributed by atoms with Gasteiger partial charge in [-0.3, -0.25) is 0 Å². The molecule has 0 spiro atoms. The molecule has 0 N–H and O–H groups in total. The van der Waals surface area contributed by atoms with E-state index in [-0.39, 0.29) is 11.9 Å². The molecule has 1 heterocycles. The minimum atomic E-state index is -0.312. The topological polar surface area (TPSA) is 57.0 Å². The Bertz CT molecular complexity index is 578. The first-order chi connectivity index (χ1) is 9.11. The first-order valence-electron chi connectivity index (χ1n) is 6.13. The van der Waals surface area contributed by atoms with E-state index in [0.29, 0.717) is 5.56 Å². The van der Waals surface area contributed by atoms with Crippen LogP contribution in [-0.4, -0.2) is 27.8 Å². The van der Waals surface area contributed by atoms with Crippen molar-refractivity contribution in [1.29, 1.82) is 0 Å². The zero-order valence-corrected chi connectivity index (χ0v) is 11.3. The van der Waals surface area contributed by atoms with E-state index < -0.39 is 0 Å². The van der Waals surface area contributed by atoms with Crippen LogP contribution in [0.3, 0.4) is 0 Å². The standard InChI is InChI=1S/C14H17N3O2/c1-10(7-13-16-15-9-17(13)2)11-5-4-6-12(8-11)14(18)19-3/h4-6,8-10H,7H2,1-3H3. The maximum absolute atomic E-state index is 11.5. The van der Waals surface area contributed by atoms with Crippen molar-refractivity contribution in [3.63, 3.8) is 0 Å². The van der Waals surface area contributed by atoms with E-state index in [1.165, 1.54) is 7.11 Å². The average Bonchev–Trinajstić information content (AvgIpc) is 2.83. The van der Waals surface area contributed by atoms with Gasteiger partial charge in [-0.25, -0.2) is 4.79 Å². The summed E-state index contributed by atoms with van der Waals surface area (Å²) in [6.45, 7) is 2.10. The Kier molecular flexibility index (Phi) is 3.94. The fraction of sp³-hybridized carbons (Fsp3) is 0.357. The van der Waals surface area contributed by atoms with Crippen LogP contribution in [0.2, 0.25) is 0 Å². The van der Waals surface area contributed by atoms with Gasteiger partial charge in [0.15, 0.2) is 0 Å². The Morgan fingerprint density at radius 2 is 2.26 bits per heavy atom. The van der Waals surface area contributed by atoms with E-state index in [4.69, 9.17) is 4.74 Å². The van der Waals surface area contributed by atoms with Crippen LogP contribution in [0, 0.1) is 0 Å². The van der Waals surface area contributed by atoms with Gasteiger partial charge in [-0.05, 0) is 23.6 Å². The van der Waals surface area contributed by atoms with E-state index in [1.807, 2.05) is 29.8 Å². The van der Waals surface area contributed by atoms with Crippen LogP contribution >= 0.6 is 0 Å². The van der Waals surface area contributed by atoms with Crippen molar-refractivity contribution in [3.8, 4) is 0 Å². The lowest BCUT2D eigenvalue weighted by Crippen LogP contribution is -2.06. The fourth-order valence-corrected chi connectivity index (χ4v) is 1.97. The first kappa shape index (κ1) is 13.3. The molecule has 1 unspecified atom stereocenters. The fourth-order valence-electron chi connectivity index (χ4n) is 1.97. The van der Waals surface area contributed by atoms with E-state index in [2.05, 4.69) is 17.1 Å². The van der Waals surface area contributed by atoms with Crippen molar-refractivity contribution in [2.45, 2.75) is 19.3 Å². The number of aryl methyl sites for hydroxylation is 1. The number of ether oxygens (including phenoxy) is 1. The van der Waals surface area contributed by atoms with Crippen LogP contribution in [0.5, 0.6) is 0 Å². The van der Waals surface area contributed by atoms with Crippen molar-refractivity contribution >= 4 is 5.97 Å². The third-order valence-electron chi connectivity index (χ3n) is 3.17. The summed E-state index contributed by atoms with van der Waals surface area (Å²) in [7, 11) is 3.31. The van der Waals surface area contributed by atoms with E-state index in [0.717, 1.165) is 17.8 Å². The molecule has 2 aromatic rings. The van der Waals surface area contributed by atoms with E-state index >= 15 is 0 Å². The average molecular weight is 259 g/mol. The lowest BCUT2D eigenvalue weighted by atomic mass is 9.96. The Labute approximate surface area is 112 Å². The van der Waals surface area contributed by atoms with Crippen molar-refractivity contribution in [3.05, 3.63) is 47.5 Å². The summed E-state index contributed by atoms with van der Waals surface area (Å²) in [6.07, 6.45) is 2.47. The van der Waals surface area contributed by atoms with Crippen LogP contribution in [0.25, 0.3) is 0 Å². The van der Waals surface area contributed by atoms with Gasteiger partial charge < -0.3 is 9.30 Å². The number of hydrogen-bond donors (Lipinski definition) is 0. The molecule has 0 aliphatic heterocycles. The number of hydrogen-bond acceptors (Lipinski definition) is 4. The molecule has 100 valence electrons. The Balaban J connectivity index is 2.17. The summed E-state index contributed by atoms with van der Waals surface area (Å²) < 4.78 is 6.63. The smallest absolute Gasteiger partial charge is 0.337 e. The molecule has 5 heteroatoms. The van der Waals surface area contributed by atoms with Crippen LogP contribution in [0.1, 0.15) is 34.6 Å². The van der Waals surface area contributed by atoms with Gasteiger partial charge in [0.2, 0.25) is 0 Å². The molecule has 1 atom stereocenters. The highest BCUT2D eigenvalue weighted by Crippen LogP contribution is 2.20. The highest BCUT2D eigenvalue weighted by Gasteiger charge is 2.13. The molecule has 1 aromatic carbocycles. The van der Waals surface area contributed by atoms with Gasteiger partial charge in [0.25, 0.3) is 0 Å². The van der Waals surface area contributed by atoms with Gasteiger partial charge in [-0.15, -0.1) is 10.2 Å². The summed E-state index contributed by atoms with van der Waals surface area (Å²) in [5, 5.41) is 7.94. The van der Waals surface area contributed by atoms with E-state index in [1.54, 1.807) is 12.4 Å². The number of aromatic nitrogens is 3. The molecule has 0 saturated carbocycles. The van der Waals surface area contributed by atoms with Crippen molar-refractivity contribution in [2.75, 3.05) is 7.11 Å². The number of carbonyl (C=O) groups excluding carboxylic acids is 1. The molecule has 0 saturated heterocycles. The third-order valence-corrected chi connectivity index (χ3v) is 3.17. The molecule has 0 aliphatic carbocycles. The van der Waals surface area contributed by atoms with Crippen molar-refractivity contribution in [2.24, 2.45) is 7.05 Å². The normalized spacial score (nSPS) is 12.2. The number of carbonyl (C=O) groups is 1. The van der Waals surface area contributed by atoms with Crippen LogP contribution in [-0.2, 0) is 18.2 Å². The minimum Gasteiger partial charge on any atom is -0.465 e. The summed E-state index contributed by atoms with van der Waals surface area (Å²) in [5.41, 5.74) is 1.66. The molecule has 0 aliphatic rings. The maximum atomic E-state index is 11.5. The lowest BCUT2D eigenvalue weighted by Gasteiger charge is -2.12. The van der Waals surface area contributed by atoms with Gasteiger partial charge in [0.1, 0.15) is 12.2 Å². The number of nitrogens with zero attached hydrogens (tertiary/aromatic N) is 3. The number of esters is 1. The monoisotopic (exact) mass is 259 g/mol. The molecule has 19 heavy (non-hydrogen) atoms. The lowest BCUT2D eigenvalue weighted by molar-refractivity contribution is 0.0600. The van der Waals surface area contributed by atoms with Gasteiger partial charge in [-0.1, -0.05) is 19.1 Å². The van der Waals surface area contributed by atoms with Crippen LogP contribution in [0.15, 0.2) is 30.6 Å². The van der Waals surface area contributed by atoms with Gasteiger partial charge in [0, 0.05) is 13.5 Å². The predicted octanol–water partition coefficient (Wildman–Crippen LogP) is 1.95. The Morgan fingerprint density at radius 1 is 1.47 bits per heavy atom. The molecule has 0 bridgehead atoms. The zero-order chi connectivity index (χ0) is 13.8. The highest BCUT2D eigenvalue weighted by molar-refractivity contribution is 5.89. The number of rotatable bonds is 4. The van der Waals surface area contributed by atoms with E-state index in [9.17, 15) is 4.79 Å². The SMILES string of the molecule is COC(=O)c1cccc(C(C)Cc2nncn2C)c1. The Morgan fingerprint density at radius 3 is 2.89 bits per heavy atom. The minimum absolute atomic E-state index is 0.257. The molecule has 2 rings (SSSR count). The summed E-state index contributed by atoms with van der Waals surface area (Å²) in [4.78, 5) is 11.5. The van der Waals surface area contributed by atoms with Crippen molar-refractivity contribution in [1.82, 2.24) is 14.8 Å². The molecule has 0 amide bonds. The summed E-state index contributed by atoms with van der Waals surface area (Å²) in [6, 6.07) is 7.50. The maximum Gasteiger partial charge on any atom is 0.337 e. The van der Waals surface area contributed by atoms with Gasteiger partial charge in [0.05, 0.1) is 12.7 Å². The molecule has 0 radical (unpaired) electrons. The Hall–Kier alpha value is -2.17. The molecule has 1 aromatic heterocycles. The molecular formula is C14H17N3O2. The second-order valence-corrected chi connectivity index (χ2v) is 4.58. The summed E-state index contributed by atoms with van der Waals surface area (Å²) in [5.74, 6) is 0.871. The van der Waals surface area contributed by atoms with Gasteiger partial charge in [-0.2, -0.15) is 0 Å². The first-order valence-corrected chi connectivity index (χ1v) is 6.13.